The Morgan fingerprint density at radius 2 is 2.13 bits per heavy atom. The number of hydrogen-bond acceptors (Lipinski definition) is 3. The molecule has 0 atom stereocenters. The predicted octanol–water partition coefficient (Wildman–Crippen LogP) is 2.16. The van der Waals surface area contributed by atoms with Gasteiger partial charge in [0.1, 0.15) is 11.6 Å². The Morgan fingerprint density at radius 1 is 1.33 bits per heavy atom. The average molecular weight is 224 g/mol. The van der Waals surface area contributed by atoms with Crippen LogP contribution in [-0.2, 0) is 6.73 Å². The molecule has 2 aromatic rings. The molecule has 1 heterocycles. The molecule has 1 aromatic heterocycles. The maximum Gasteiger partial charge on any atom is 0.181 e. The number of nitrogens with zero attached hydrogens (tertiary/aromatic N) is 2. The van der Waals surface area contributed by atoms with E-state index >= 15 is 0 Å². The standard InChI is InChI=1S/C10H10ClN3O/c11-8-3-1-2-4-9(8)15-7-14-6-5-10(12)13-14/h1-6H,7H2,(H2,12,13). The number of ether oxygens (including phenoxy) is 1. The molecule has 0 saturated carbocycles. The van der Waals surface area contributed by atoms with Crippen molar-refractivity contribution in [3.05, 3.63) is 41.6 Å². The Labute approximate surface area is 92.2 Å². The topological polar surface area (TPSA) is 53.1 Å². The SMILES string of the molecule is Nc1ccn(COc2ccccc2Cl)n1. The van der Waals surface area contributed by atoms with Crippen molar-refractivity contribution in [2.24, 2.45) is 0 Å². The minimum atomic E-state index is 0.293. The minimum absolute atomic E-state index is 0.293. The van der Waals surface area contributed by atoms with Crippen LogP contribution < -0.4 is 10.5 Å². The predicted molar refractivity (Wildman–Crippen MR) is 58.7 cm³/mol. The Hall–Kier alpha value is -1.68. The quantitative estimate of drug-likeness (QED) is 0.868. The zero-order valence-corrected chi connectivity index (χ0v) is 8.69. The van der Waals surface area contributed by atoms with E-state index in [-0.39, 0.29) is 0 Å². The summed E-state index contributed by atoms with van der Waals surface area (Å²) < 4.78 is 7.05. The third-order valence-electron chi connectivity index (χ3n) is 1.85. The number of para-hydroxylation sites is 1. The second-order valence-corrected chi connectivity index (χ2v) is 3.39. The normalized spacial score (nSPS) is 10.2. The molecule has 1 aromatic carbocycles. The van der Waals surface area contributed by atoms with Gasteiger partial charge >= 0.3 is 0 Å². The third-order valence-corrected chi connectivity index (χ3v) is 2.16. The highest BCUT2D eigenvalue weighted by Crippen LogP contribution is 2.23. The Morgan fingerprint density at radius 3 is 2.80 bits per heavy atom. The van der Waals surface area contributed by atoms with Crippen molar-refractivity contribution in [3.63, 3.8) is 0 Å². The fraction of sp³-hybridized carbons (Fsp3) is 0.100. The van der Waals surface area contributed by atoms with Crippen molar-refractivity contribution in [3.8, 4) is 5.75 Å². The lowest BCUT2D eigenvalue weighted by atomic mass is 10.3. The smallest absolute Gasteiger partial charge is 0.181 e. The van der Waals surface area contributed by atoms with Crippen LogP contribution in [0.15, 0.2) is 36.5 Å². The molecule has 0 aliphatic rings. The number of rotatable bonds is 3. The van der Waals surface area contributed by atoms with Crippen LogP contribution in [0.25, 0.3) is 0 Å². The zero-order valence-electron chi connectivity index (χ0n) is 7.93. The van der Waals surface area contributed by atoms with Crippen LogP contribution in [-0.4, -0.2) is 9.78 Å². The molecule has 0 bridgehead atoms. The maximum atomic E-state index is 5.92. The highest BCUT2D eigenvalue weighted by atomic mass is 35.5. The van der Waals surface area contributed by atoms with Gasteiger partial charge in [-0.15, -0.1) is 0 Å². The third kappa shape index (κ3) is 2.41. The summed E-state index contributed by atoms with van der Waals surface area (Å²) in [5.74, 6) is 1.10. The van der Waals surface area contributed by atoms with Gasteiger partial charge in [0.15, 0.2) is 6.73 Å². The average Bonchev–Trinajstić information content (AvgIpc) is 2.63. The fourth-order valence-corrected chi connectivity index (χ4v) is 1.34. The molecule has 78 valence electrons. The lowest BCUT2D eigenvalue weighted by molar-refractivity contribution is 0.221. The van der Waals surface area contributed by atoms with E-state index in [0.29, 0.717) is 23.3 Å². The summed E-state index contributed by atoms with van der Waals surface area (Å²) in [5, 5.41) is 4.56. The summed E-state index contributed by atoms with van der Waals surface area (Å²) in [6.45, 7) is 0.293. The molecular weight excluding hydrogens is 214 g/mol. The molecule has 2 N–H and O–H groups in total. The molecule has 0 spiro atoms. The first kappa shape index (κ1) is 9.86. The lowest BCUT2D eigenvalue weighted by Gasteiger charge is -2.07. The first-order valence-corrected chi connectivity index (χ1v) is 4.80. The van der Waals surface area contributed by atoms with E-state index in [4.69, 9.17) is 22.1 Å². The number of halogens is 1. The molecule has 0 aliphatic carbocycles. The lowest BCUT2D eigenvalue weighted by Crippen LogP contribution is -2.06. The fourth-order valence-electron chi connectivity index (χ4n) is 1.15. The zero-order chi connectivity index (χ0) is 10.7. The van der Waals surface area contributed by atoms with Crippen molar-refractivity contribution in [2.75, 3.05) is 5.73 Å². The van der Waals surface area contributed by atoms with Crippen molar-refractivity contribution < 1.29 is 4.74 Å². The van der Waals surface area contributed by atoms with E-state index in [1.165, 1.54) is 0 Å². The van der Waals surface area contributed by atoms with Crippen molar-refractivity contribution >= 4 is 17.4 Å². The van der Waals surface area contributed by atoms with Crippen LogP contribution in [0.1, 0.15) is 0 Å². The first-order chi connectivity index (χ1) is 7.25. The summed E-state index contributed by atoms with van der Waals surface area (Å²) in [7, 11) is 0. The Kier molecular flexibility index (Phi) is 2.78. The van der Waals surface area contributed by atoms with Gasteiger partial charge in [-0.1, -0.05) is 23.7 Å². The number of benzene rings is 1. The highest BCUT2D eigenvalue weighted by Gasteiger charge is 2.00. The van der Waals surface area contributed by atoms with Crippen LogP contribution in [0.2, 0.25) is 5.02 Å². The molecule has 0 radical (unpaired) electrons. The summed E-state index contributed by atoms with van der Waals surface area (Å²) in [6, 6.07) is 8.99. The molecule has 2 rings (SSSR count). The molecule has 0 saturated heterocycles. The number of anilines is 1. The van der Waals surface area contributed by atoms with Gasteiger partial charge in [-0.25, -0.2) is 4.68 Å². The van der Waals surface area contributed by atoms with E-state index in [1.807, 2.05) is 12.1 Å². The number of nitrogen functional groups attached to an aromatic ring is 1. The molecule has 0 unspecified atom stereocenters. The second-order valence-electron chi connectivity index (χ2n) is 2.98. The van der Waals surface area contributed by atoms with E-state index < -0.39 is 0 Å². The molecule has 0 aliphatic heterocycles. The number of aromatic nitrogens is 2. The van der Waals surface area contributed by atoms with Crippen molar-refractivity contribution in [1.29, 1.82) is 0 Å². The highest BCUT2D eigenvalue weighted by molar-refractivity contribution is 6.32. The summed E-state index contributed by atoms with van der Waals surface area (Å²) in [5.41, 5.74) is 5.46. The first-order valence-electron chi connectivity index (χ1n) is 4.42. The van der Waals surface area contributed by atoms with Gasteiger partial charge < -0.3 is 10.5 Å². The van der Waals surface area contributed by atoms with E-state index in [2.05, 4.69) is 5.10 Å². The minimum Gasteiger partial charge on any atom is -0.470 e. The molecular formula is C10H10ClN3O. The van der Waals surface area contributed by atoms with Gasteiger partial charge in [0, 0.05) is 12.3 Å². The van der Waals surface area contributed by atoms with Crippen LogP contribution in [0, 0.1) is 0 Å². The van der Waals surface area contributed by atoms with Crippen LogP contribution in [0.4, 0.5) is 5.82 Å². The number of nitrogens with two attached hydrogens (primary N) is 1. The van der Waals surface area contributed by atoms with Gasteiger partial charge in [0.2, 0.25) is 0 Å². The molecule has 15 heavy (non-hydrogen) atoms. The molecule has 4 nitrogen and oxygen atoms in total. The summed E-state index contributed by atoms with van der Waals surface area (Å²) in [6.07, 6.45) is 1.74. The van der Waals surface area contributed by atoms with Crippen molar-refractivity contribution in [2.45, 2.75) is 6.73 Å². The van der Waals surface area contributed by atoms with Gasteiger partial charge in [-0.2, -0.15) is 5.10 Å². The molecule has 5 heteroatoms. The van der Waals surface area contributed by atoms with Gasteiger partial charge in [0.05, 0.1) is 5.02 Å². The van der Waals surface area contributed by atoms with E-state index in [0.717, 1.165) is 0 Å². The van der Waals surface area contributed by atoms with Crippen LogP contribution in [0.5, 0.6) is 5.75 Å². The van der Waals surface area contributed by atoms with Crippen LogP contribution >= 0.6 is 11.6 Å². The summed E-state index contributed by atoms with van der Waals surface area (Å²) in [4.78, 5) is 0. The largest absolute Gasteiger partial charge is 0.470 e. The van der Waals surface area contributed by atoms with Crippen molar-refractivity contribution in [1.82, 2.24) is 9.78 Å². The monoisotopic (exact) mass is 223 g/mol. The molecule has 0 fully saturated rings. The van der Waals surface area contributed by atoms with Gasteiger partial charge in [-0.05, 0) is 12.1 Å². The Balaban J connectivity index is 2.02. The van der Waals surface area contributed by atoms with E-state index in [9.17, 15) is 0 Å². The molecule has 0 amide bonds. The Bertz CT molecular complexity index is 455. The summed E-state index contributed by atoms with van der Waals surface area (Å²) >= 11 is 5.92. The van der Waals surface area contributed by atoms with Crippen LogP contribution in [0.3, 0.4) is 0 Å². The second kappa shape index (κ2) is 4.23. The van der Waals surface area contributed by atoms with Gasteiger partial charge in [-0.3, -0.25) is 0 Å². The number of hydrogen-bond donors (Lipinski definition) is 1. The van der Waals surface area contributed by atoms with Gasteiger partial charge in [0.25, 0.3) is 0 Å². The van der Waals surface area contributed by atoms with E-state index in [1.54, 1.807) is 29.1 Å². The maximum absolute atomic E-state index is 5.92.